The van der Waals surface area contributed by atoms with E-state index in [1.807, 2.05) is 12.1 Å². The third-order valence-electron chi connectivity index (χ3n) is 13.6. The van der Waals surface area contributed by atoms with E-state index in [9.17, 15) is 0 Å². The lowest BCUT2D eigenvalue weighted by Crippen LogP contribution is -2.10. The van der Waals surface area contributed by atoms with Gasteiger partial charge in [-0.2, -0.15) is 0 Å². The Kier molecular flexibility index (Phi) is 9.84. The van der Waals surface area contributed by atoms with Crippen molar-refractivity contribution in [2.24, 2.45) is 0 Å². The van der Waals surface area contributed by atoms with Crippen molar-refractivity contribution in [2.45, 2.75) is 0 Å². The van der Waals surface area contributed by atoms with Gasteiger partial charge in [-0.15, -0.1) is 0 Å². The van der Waals surface area contributed by atoms with E-state index >= 15 is 0 Å². The molecule has 13 rings (SSSR count). The van der Waals surface area contributed by atoms with Crippen molar-refractivity contribution in [3.8, 4) is 61.3 Å². The number of anilines is 3. The van der Waals surface area contributed by atoms with Crippen molar-refractivity contribution in [3.63, 3.8) is 0 Å². The zero-order valence-electron chi connectivity index (χ0n) is 37.7. The molecule has 0 spiro atoms. The van der Waals surface area contributed by atoms with Crippen LogP contribution in [-0.4, -0.2) is 4.57 Å². The van der Waals surface area contributed by atoms with Gasteiger partial charge in [0.15, 0.2) is 0 Å². The van der Waals surface area contributed by atoms with Crippen LogP contribution in [-0.2, 0) is 0 Å². The molecule has 0 aliphatic rings. The predicted molar refractivity (Wildman–Crippen MR) is 290 cm³/mol. The van der Waals surface area contributed by atoms with Crippen LogP contribution in [0.1, 0.15) is 0 Å². The summed E-state index contributed by atoms with van der Waals surface area (Å²) < 4.78 is 8.71. The molecular weight excluding hydrogens is 837 g/mol. The van der Waals surface area contributed by atoms with E-state index < -0.39 is 0 Å². The van der Waals surface area contributed by atoms with E-state index in [4.69, 9.17) is 4.42 Å². The Bertz CT molecular complexity index is 3960. The molecule has 0 aliphatic heterocycles. The monoisotopic (exact) mass is 880 g/mol. The Hall–Kier alpha value is -9.18. The molecule has 0 fully saturated rings. The fourth-order valence-corrected chi connectivity index (χ4v) is 10.3. The molecule has 0 unspecified atom stereocenters. The molecule has 2 aromatic heterocycles. The number of furan rings is 1. The minimum absolute atomic E-state index is 0.886. The summed E-state index contributed by atoms with van der Waals surface area (Å²) in [5.74, 6) is 0. The van der Waals surface area contributed by atoms with Crippen LogP contribution in [0.15, 0.2) is 271 Å². The second-order valence-electron chi connectivity index (χ2n) is 17.7. The Labute approximate surface area is 401 Å². The van der Waals surface area contributed by atoms with Crippen LogP contribution in [0.3, 0.4) is 0 Å². The molecule has 324 valence electrons. The largest absolute Gasteiger partial charge is 0.456 e. The maximum absolute atomic E-state index is 6.34. The average molecular weight is 881 g/mol. The molecule has 0 radical (unpaired) electrons. The van der Waals surface area contributed by atoms with Gasteiger partial charge in [-0.25, -0.2) is 0 Å². The minimum Gasteiger partial charge on any atom is -0.456 e. The molecule has 11 aromatic carbocycles. The fourth-order valence-electron chi connectivity index (χ4n) is 10.3. The normalized spacial score (nSPS) is 11.5. The second-order valence-corrected chi connectivity index (χ2v) is 17.7. The fraction of sp³-hybridized carbons (Fsp3) is 0. The Morgan fingerprint density at radius 1 is 0.261 bits per heavy atom. The summed E-state index contributed by atoms with van der Waals surface area (Å²) in [5.41, 5.74) is 20.2. The van der Waals surface area contributed by atoms with E-state index in [-0.39, 0.29) is 0 Å². The first-order valence-electron chi connectivity index (χ1n) is 23.6. The number of nitrogens with zero attached hydrogens (tertiary/aromatic N) is 2. The summed E-state index contributed by atoms with van der Waals surface area (Å²) in [4.78, 5) is 2.37. The molecule has 3 nitrogen and oxygen atoms in total. The number of hydrogen-bond donors (Lipinski definition) is 0. The van der Waals surface area contributed by atoms with Crippen LogP contribution in [0, 0.1) is 0 Å². The SMILES string of the molecule is c1ccc(-c2ccccc2-c2cccc(N(c3ccc(-c4cccc(-c5ccc(-n6c7ccccc7c7ccccc76)cc5)c4)cc3)c3cccc(-c4ccc5c(c4)oc4ccccc45)c3)c2)cc1. The summed E-state index contributed by atoms with van der Waals surface area (Å²) >= 11 is 0. The van der Waals surface area contributed by atoms with E-state index in [1.54, 1.807) is 0 Å². The number of para-hydroxylation sites is 3. The highest BCUT2D eigenvalue weighted by atomic mass is 16.3. The molecular formula is C66H44N2O. The van der Waals surface area contributed by atoms with Gasteiger partial charge in [0.1, 0.15) is 11.2 Å². The van der Waals surface area contributed by atoms with Crippen LogP contribution < -0.4 is 4.90 Å². The van der Waals surface area contributed by atoms with Crippen molar-refractivity contribution in [1.82, 2.24) is 4.57 Å². The molecule has 0 saturated heterocycles. The van der Waals surface area contributed by atoms with Crippen LogP contribution >= 0.6 is 0 Å². The maximum Gasteiger partial charge on any atom is 0.136 e. The lowest BCUT2D eigenvalue weighted by atomic mass is 9.94. The van der Waals surface area contributed by atoms with Crippen molar-refractivity contribution >= 4 is 60.8 Å². The van der Waals surface area contributed by atoms with Gasteiger partial charge < -0.3 is 13.9 Å². The highest BCUT2D eigenvalue weighted by molar-refractivity contribution is 6.09. The standard InChI is InChI=1S/C66H44N2O/c1-2-15-47(16-3-1)57-23-4-5-24-58(57)52-20-14-22-56(43-52)67(55-21-13-19-50(42-55)51-35-40-62-61-27-8-11-30-65(61)69-66(62)44-51)53-36-31-45(32-37-53)48-17-12-18-49(41-48)46-33-38-54(39-34-46)68-63-28-9-6-25-59(63)60-26-7-10-29-64(60)68/h1-44H. The topological polar surface area (TPSA) is 21.3 Å². The van der Waals surface area contributed by atoms with Crippen LogP contribution in [0.25, 0.3) is 105 Å². The van der Waals surface area contributed by atoms with Gasteiger partial charge in [0.2, 0.25) is 0 Å². The number of hydrogen-bond acceptors (Lipinski definition) is 2. The predicted octanol–water partition coefficient (Wildman–Crippen LogP) is 18.5. The lowest BCUT2D eigenvalue weighted by molar-refractivity contribution is 0.669. The molecule has 69 heavy (non-hydrogen) atoms. The van der Waals surface area contributed by atoms with Gasteiger partial charge in [-0.3, -0.25) is 0 Å². The van der Waals surface area contributed by atoms with Crippen LogP contribution in [0.5, 0.6) is 0 Å². The Morgan fingerprint density at radius 3 is 1.41 bits per heavy atom. The highest BCUT2D eigenvalue weighted by Crippen LogP contribution is 2.42. The summed E-state index contributed by atoms with van der Waals surface area (Å²) in [7, 11) is 0. The molecule has 3 heteroatoms. The van der Waals surface area contributed by atoms with Gasteiger partial charge in [-0.1, -0.05) is 182 Å². The second kappa shape index (κ2) is 16.9. The molecule has 2 heterocycles. The van der Waals surface area contributed by atoms with Gasteiger partial charge in [0.25, 0.3) is 0 Å². The van der Waals surface area contributed by atoms with Crippen molar-refractivity contribution in [3.05, 3.63) is 267 Å². The molecule has 0 aliphatic carbocycles. The number of benzene rings is 11. The first kappa shape index (κ1) is 40.1. The summed E-state index contributed by atoms with van der Waals surface area (Å²) in [6.45, 7) is 0. The smallest absolute Gasteiger partial charge is 0.136 e. The average Bonchev–Trinajstić information content (AvgIpc) is 3.97. The van der Waals surface area contributed by atoms with E-state index in [0.29, 0.717) is 0 Å². The Morgan fingerprint density at radius 2 is 0.725 bits per heavy atom. The summed E-state index contributed by atoms with van der Waals surface area (Å²) in [6.07, 6.45) is 0. The molecule has 0 bridgehead atoms. The summed E-state index contributed by atoms with van der Waals surface area (Å²) in [6, 6.07) is 96.1. The van der Waals surface area contributed by atoms with Crippen LogP contribution in [0.2, 0.25) is 0 Å². The highest BCUT2D eigenvalue weighted by Gasteiger charge is 2.18. The van der Waals surface area contributed by atoms with E-state index in [1.165, 1.54) is 55.2 Å². The zero-order valence-corrected chi connectivity index (χ0v) is 37.7. The molecule has 13 aromatic rings. The van der Waals surface area contributed by atoms with Crippen LogP contribution in [0.4, 0.5) is 17.1 Å². The minimum atomic E-state index is 0.886. The lowest BCUT2D eigenvalue weighted by Gasteiger charge is -2.27. The van der Waals surface area contributed by atoms with E-state index in [0.717, 1.165) is 66.9 Å². The molecule has 0 N–H and O–H groups in total. The van der Waals surface area contributed by atoms with Gasteiger partial charge in [-0.05, 0) is 141 Å². The van der Waals surface area contributed by atoms with E-state index in [2.05, 4.69) is 264 Å². The van der Waals surface area contributed by atoms with Gasteiger partial charge in [0, 0.05) is 44.3 Å². The maximum atomic E-state index is 6.34. The first-order valence-corrected chi connectivity index (χ1v) is 23.6. The van der Waals surface area contributed by atoms with Crippen molar-refractivity contribution in [1.29, 1.82) is 0 Å². The summed E-state index contributed by atoms with van der Waals surface area (Å²) in [5, 5.41) is 4.79. The molecule has 0 atom stereocenters. The third kappa shape index (κ3) is 7.25. The van der Waals surface area contributed by atoms with Crippen molar-refractivity contribution in [2.75, 3.05) is 4.90 Å². The van der Waals surface area contributed by atoms with Crippen molar-refractivity contribution < 1.29 is 4.42 Å². The Balaban J connectivity index is 0.865. The van der Waals surface area contributed by atoms with Gasteiger partial charge in [0.05, 0.1) is 11.0 Å². The molecule has 0 amide bonds. The third-order valence-corrected chi connectivity index (χ3v) is 13.6. The molecule has 0 saturated carbocycles. The first-order chi connectivity index (χ1) is 34.2. The number of rotatable bonds is 9. The zero-order chi connectivity index (χ0) is 45.7. The van der Waals surface area contributed by atoms with Gasteiger partial charge >= 0.3 is 0 Å². The number of fused-ring (bicyclic) bond motifs is 6. The quantitative estimate of drug-likeness (QED) is 0.144. The number of aromatic nitrogens is 1.